The number of amides is 1. The summed E-state index contributed by atoms with van der Waals surface area (Å²) in [7, 11) is 0. The first-order chi connectivity index (χ1) is 13.4. The Kier molecular flexibility index (Phi) is 6.93. The number of carbonyl (C=O) groups excluding carboxylic acids is 1. The Bertz CT molecular complexity index is 741. The van der Waals surface area contributed by atoms with E-state index in [4.69, 9.17) is 9.47 Å². The number of carbonyl (C=O) groups is 1. The Labute approximate surface area is 166 Å². The first-order valence-corrected chi connectivity index (χ1v) is 9.05. The molecule has 0 bridgehead atoms. The van der Waals surface area contributed by atoms with Crippen LogP contribution < -0.4 is 4.74 Å². The molecule has 0 saturated carbocycles. The third kappa shape index (κ3) is 6.77. The third-order valence-electron chi connectivity index (χ3n) is 4.17. The number of rotatable bonds is 5. The minimum absolute atomic E-state index is 0.0681. The Morgan fingerprint density at radius 2 is 1.79 bits per heavy atom. The van der Waals surface area contributed by atoms with Crippen molar-refractivity contribution in [2.45, 2.75) is 32.5 Å². The van der Waals surface area contributed by atoms with Gasteiger partial charge in [-0.15, -0.1) is 0 Å². The number of hydrogen-bond donors (Lipinski definition) is 0. The average molecular weight is 419 g/mol. The molecule has 1 aromatic carbocycles. The van der Waals surface area contributed by atoms with Crippen molar-refractivity contribution in [2.24, 2.45) is 0 Å². The van der Waals surface area contributed by atoms with Gasteiger partial charge < -0.3 is 14.4 Å². The molecule has 1 saturated heterocycles. The van der Waals surface area contributed by atoms with Crippen LogP contribution in [0.5, 0.6) is 5.75 Å². The van der Waals surface area contributed by atoms with Crippen molar-refractivity contribution >= 4 is 11.8 Å². The van der Waals surface area contributed by atoms with Crippen LogP contribution in [0.15, 0.2) is 18.2 Å². The van der Waals surface area contributed by atoms with Crippen LogP contribution >= 0.6 is 0 Å². The van der Waals surface area contributed by atoms with Gasteiger partial charge >= 0.3 is 18.0 Å². The molecule has 0 unspecified atom stereocenters. The molecule has 1 amide bonds. The van der Waals surface area contributed by atoms with E-state index in [1.54, 1.807) is 25.7 Å². The van der Waals surface area contributed by atoms with Gasteiger partial charge in [0.1, 0.15) is 12.2 Å². The highest BCUT2D eigenvalue weighted by atomic mass is 19.4. The molecule has 0 aromatic heterocycles. The molecule has 1 aliphatic heterocycles. The maximum Gasteiger partial charge on any atom is 0.416 e. The molecule has 0 radical (unpaired) electrons. The fourth-order valence-corrected chi connectivity index (χ4v) is 2.72. The molecule has 0 spiro atoms. The van der Waals surface area contributed by atoms with Crippen molar-refractivity contribution in [1.29, 1.82) is 0 Å². The lowest BCUT2D eigenvalue weighted by Crippen LogP contribution is -2.50. The lowest BCUT2D eigenvalue weighted by atomic mass is 10.2. The number of benzene rings is 1. The van der Waals surface area contributed by atoms with Gasteiger partial charge in [-0.1, -0.05) is 0 Å². The predicted octanol–water partition coefficient (Wildman–Crippen LogP) is 3.55. The zero-order valence-corrected chi connectivity index (χ0v) is 16.5. The summed E-state index contributed by atoms with van der Waals surface area (Å²) >= 11 is 0. The van der Waals surface area contributed by atoms with Crippen LogP contribution in [0.1, 0.15) is 26.3 Å². The molecule has 8 nitrogen and oxygen atoms in total. The number of piperazine rings is 1. The first kappa shape index (κ1) is 22.7. The second kappa shape index (κ2) is 8.85. The summed E-state index contributed by atoms with van der Waals surface area (Å²) in [4.78, 5) is 25.8. The lowest BCUT2D eigenvalue weighted by molar-refractivity contribution is -0.386. The van der Waals surface area contributed by atoms with E-state index < -0.39 is 28.0 Å². The van der Waals surface area contributed by atoms with E-state index in [1.165, 1.54) is 0 Å². The summed E-state index contributed by atoms with van der Waals surface area (Å²) in [6.07, 6.45) is -5.05. The van der Waals surface area contributed by atoms with Crippen LogP contribution in [-0.4, -0.2) is 65.7 Å². The molecule has 0 N–H and O–H groups in total. The van der Waals surface area contributed by atoms with Crippen molar-refractivity contribution in [3.05, 3.63) is 33.9 Å². The van der Waals surface area contributed by atoms with E-state index in [0.717, 1.165) is 12.1 Å². The molecule has 1 heterocycles. The van der Waals surface area contributed by atoms with Crippen LogP contribution in [0.3, 0.4) is 0 Å². The smallest absolute Gasteiger partial charge is 0.416 e. The maximum atomic E-state index is 12.7. The van der Waals surface area contributed by atoms with Gasteiger partial charge in [0, 0.05) is 38.8 Å². The highest BCUT2D eigenvalue weighted by molar-refractivity contribution is 5.68. The van der Waals surface area contributed by atoms with Crippen molar-refractivity contribution in [2.75, 3.05) is 39.3 Å². The van der Waals surface area contributed by atoms with Gasteiger partial charge in [0.15, 0.2) is 5.75 Å². The van der Waals surface area contributed by atoms with Gasteiger partial charge in [-0.2, -0.15) is 13.2 Å². The lowest BCUT2D eigenvalue weighted by Gasteiger charge is -2.35. The summed E-state index contributed by atoms with van der Waals surface area (Å²) in [5.41, 5.74) is -2.40. The minimum Gasteiger partial charge on any atom is -0.485 e. The Morgan fingerprint density at radius 3 is 2.31 bits per heavy atom. The molecule has 0 aliphatic carbocycles. The van der Waals surface area contributed by atoms with Crippen LogP contribution in [0, 0.1) is 10.1 Å². The Morgan fingerprint density at radius 1 is 1.17 bits per heavy atom. The zero-order valence-electron chi connectivity index (χ0n) is 16.5. The molecule has 1 aliphatic rings. The number of nitrogens with zero attached hydrogens (tertiary/aromatic N) is 3. The predicted molar refractivity (Wildman–Crippen MR) is 97.8 cm³/mol. The van der Waals surface area contributed by atoms with Crippen molar-refractivity contribution in [3.8, 4) is 5.75 Å². The molecule has 0 atom stereocenters. The van der Waals surface area contributed by atoms with Crippen LogP contribution in [0.25, 0.3) is 0 Å². The van der Waals surface area contributed by atoms with E-state index >= 15 is 0 Å². The highest BCUT2D eigenvalue weighted by Crippen LogP contribution is 2.36. The Hall–Kier alpha value is -2.56. The topological polar surface area (TPSA) is 85.2 Å². The average Bonchev–Trinajstić information content (AvgIpc) is 2.60. The SMILES string of the molecule is CC(C)(C)OC(=O)N1CCN(CCOc2ccc(C(F)(F)F)cc2[N+](=O)[O-])CC1. The molecule has 29 heavy (non-hydrogen) atoms. The fourth-order valence-electron chi connectivity index (χ4n) is 2.72. The fraction of sp³-hybridized carbons (Fsp3) is 0.611. The van der Waals surface area contributed by atoms with Crippen LogP contribution in [0.4, 0.5) is 23.7 Å². The highest BCUT2D eigenvalue weighted by Gasteiger charge is 2.33. The van der Waals surface area contributed by atoms with E-state index in [9.17, 15) is 28.1 Å². The monoisotopic (exact) mass is 419 g/mol. The summed E-state index contributed by atoms with van der Waals surface area (Å²) in [6.45, 7) is 7.93. The number of hydrogen-bond acceptors (Lipinski definition) is 6. The number of ether oxygens (including phenoxy) is 2. The van der Waals surface area contributed by atoms with E-state index in [1.807, 2.05) is 4.90 Å². The van der Waals surface area contributed by atoms with Gasteiger partial charge in [-0.3, -0.25) is 15.0 Å². The maximum absolute atomic E-state index is 12.7. The molecule has 162 valence electrons. The molecule has 11 heteroatoms. The number of nitro groups is 1. The van der Waals surface area contributed by atoms with Crippen molar-refractivity contribution < 1.29 is 32.4 Å². The third-order valence-corrected chi connectivity index (χ3v) is 4.17. The van der Waals surface area contributed by atoms with E-state index in [2.05, 4.69) is 0 Å². The van der Waals surface area contributed by atoms with Gasteiger partial charge in [-0.25, -0.2) is 4.79 Å². The number of alkyl halides is 3. The molecular weight excluding hydrogens is 395 g/mol. The normalized spacial score (nSPS) is 15.9. The largest absolute Gasteiger partial charge is 0.485 e. The summed E-state index contributed by atoms with van der Waals surface area (Å²) < 4.78 is 48.9. The molecule has 2 rings (SSSR count). The second-order valence-electron chi connectivity index (χ2n) is 7.59. The first-order valence-electron chi connectivity index (χ1n) is 9.05. The molecule has 1 fully saturated rings. The summed E-state index contributed by atoms with van der Waals surface area (Å²) in [5.74, 6) is -0.213. The van der Waals surface area contributed by atoms with E-state index in [0.29, 0.717) is 38.8 Å². The van der Waals surface area contributed by atoms with Gasteiger partial charge in [0.05, 0.1) is 10.5 Å². The Balaban J connectivity index is 1.85. The van der Waals surface area contributed by atoms with E-state index in [-0.39, 0.29) is 18.4 Å². The van der Waals surface area contributed by atoms with Crippen LogP contribution in [-0.2, 0) is 10.9 Å². The zero-order chi connectivity index (χ0) is 21.8. The standard InChI is InChI=1S/C18H24F3N3O5/c1-17(2,3)29-16(25)23-8-6-22(7-9-23)10-11-28-15-5-4-13(18(19,20)21)12-14(15)24(26)27/h4-5,12H,6-11H2,1-3H3. The van der Waals surface area contributed by atoms with Crippen LogP contribution in [0.2, 0.25) is 0 Å². The quantitative estimate of drug-likeness (QED) is 0.536. The minimum atomic E-state index is -4.67. The van der Waals surface area contributed by atoms with Gasteiger partial charge in [0.25, 0.3) is 0 Å². The summed E-state index contributed by atoms with van der Waals surface area (Å²) in [5, 5.41) is 11.1. The summed E-state index contributed by atoms with van der Waals surface area (Å²) in [6, 6.07) is 2.18. The van der Waals surface area contributed by atoms with Crippen molar-refractivity contribution in [1.82, 2.24) is 9.80 Å². The molecule has 1 aromatic rings. The van der Waals surface area contributed by atoms with Gasteiger partial charge in [-0.05, 0) is 32.9 Å². The number of nitro benzene ring substituents is 1. The number of halogens is 3. The van der Waals surface area contributed by atoms with Gasteiger partial charge in [0.2, 0.25) is 0 Å². The molecular formula is C18H24F3N3O5. The van der Waals surface area contributed by atoms with Crippen molar-refractivity contribution in [3.63, 3.8) is 0 Å². The second-order valence-corrected chi connectivity index (χ2v) is 7.59.